The number of nitrogens with zero attached hydrogens (tertiary/aromatic N) is 2. The molecule has 2 aromatic rings. The fourth-order valence-electron chi connectivity index (χ4n) is 4.46. The van der Waals surface area contributed by atoms with E-state index in [1.54, 1.807) is 46.2 Å². The molecule has 0 radical (unpaired) electrons. The number of carbonyl (C=O) groups is 2. The Labute approximate surface area is 237 Å². The highest BCUT2D eigenvalue weighted by Gasteiger charge is 2.28. The van der Waals surface area contributed by atoms with Crippen LogP contribution in [0.15, 0.2) is 36.4 Å². The molecule has 1 aliphatic heterocycles. The summed E-state index contributed by atoms with van der Waals surface area (Å²) in [5.74, 6) is 0.815. The highest BCUT2D eigenvalue weighted by atomic mass is 35.5. The van der Waals surface area contributed by atoms with E-state index in [9.17, 15) is 9.59 Å². The van der Waals surface area contributed by atoms with Crippen molar-refractivity contribution in [3.05, 3.63) is 57.6 Å². The van der Waals surface area contributed by atoms with Crippen molar-refractivity contribution in [2.75, 3.05) is 39.4 Å². The van der Waals surface area contributed by atoms with Gasteiger partial charge < -0.3 is 19.3 Å². The third kappa shape index (κ3) is 8.81. The fraction of sp³-hybridized carbons (Fsp3) is 0.533. The molecule has 1 heterocycles. The minimum absolute atomic E-state index is 0.115. The minimum Gasteiger partial charge on any atom is -0.493 e. The Bertz CT molecular complexity index is 1050. The van der Waals surface area contributed by atoms with Gasteiger partial charge in [0.1, 0.15) is 11.5 Å². The first-order valence-electron chi connectivity index (χ1n) is 13.9. The number of unbranched alkanes of at least 4 members (excludes halogenated alkanes) is 6. The molecule has 2 amide bonds. The van der Waals surface area contributed by atoms with Crippen molar-refractivity contribution in [3.63, 3.8) is 0 Å². The van der Waals surface area contributed by atoms with Crippen molar-refractivity contribution in [2.24, 2.45) is 0 Å². The maximum Gasteiger partial charge on any atom is 0.257 e. The molecule has 2 aromatic carbocycles. The second kappa shape index (κ2) is 15.8. The number of piperazine rings is 1. The topological polar surface area (TPSA) is 59.1 Å². The number of halogens is 2. The van der Waals surface area contributed by atoms with Crippen LogP contribution in [0.4, 0.5) is 0 Å². The summed E-state index contributed by atoms with van der Waals surface area (Å²) < 4.78 is 11.9. The molecule has 1 saturated heterocycles. The van der Waals surface area contributed by atoms with E-state index in [0.717, 1.165) is 44.9 Å². The summed E-state index contributed by atoms with van der Waals surface area (Å²) in [7, 11) is 0. The van der Waals surface area contributed by atoms with Crippen LogP contribution in [-0.2, 0) is 0 Å². The van der Waals surface area contributed by atoms with Crippen LogP contribution in [0.3, 0.4) is 0 Å². The quantitative estimate of drug-likeness (QED) is 0.223. The molecule has 0 atom stereocenters. The van der Waals surface area contributed by atoms with Gasteiger partial charge in [0.05, 0.1) is 24.3 Å². The number of carbonyl (C=O) groups excluding carboxylic acids is 2. The molecule has 0 N–H and O–H groups in total. The average Bonchev–Trinajstić information content (AvgIpc) is 2.93. The lowest BCUT2D eigenvalue weighted by Crippen LogP contribution is -2.50. The van der Waals surface area contributed by atoms with Gasteiger partial charge in [-0.1, -0.05) is 75.6 Å². The largest absolute Gasteiger partial charge is 0.493 e. The SMILES string of the molecule is CCCCCCOc1cc(Cl)ccc1C(=O)N1CCN(C(=O)c2cc(Cl)ccc2OCCCCCC)CC1. The van der Waals surface area contributed by atoms with Crippen LogP contribution in [0.25, 0.3) is 0 Å². The van der Waals surface area contributed by atoms with Crippen molar-refractivity contribution >= 4 is 35.0 Å². The van der Waals surface area contributed by atoms with Gasteiger partial charge in [-0.15, -0.1) is 0 Å². The number of rotatable bonds is 14. The standard InChI is InChI=1S/C30H40Cl2N2O4/c1-3-5-7-9-19-37-27-14-12-23(31)21-26(27)30(36)34-17-15-33(16-18-34)29(35)25-13-11-24(32)22-28(25)38-20-10-8-6-4-2/h11-14,21-22H,3-10,15-20H2,1-2H3. The van der Waals surface area contributed by atoms with Gasteiger partial charge in [0.25, 0.3) is 11.8 Å². The Morgan fingerprint density at radius 1 is 0.658 bits per heavy atom. The molecule has 0 aromatic heterocycles. The Hall–Kier alpha value is -2.44. The summed E-state index contributed by atoms with van der Waals surface area (Å²) >= 11 is 12.4. The molecule has 0 unspecified atom stereocenters. The zero-order chi connectivity index (χ0) is 27.3. The van der Waals surface area contributed by atoms with Crippen LogP contribution < -0.4 is 9.47 Å². The van der Waals surface area contributed by atoms with Crippen molar-refractivity contribution in [3.8, 4) is 11.5 Å². The summed E-state index contributed by atoms with van der Waals surface area (Å²) in [6.45, 7) is 7.15. The number of ether oxygens (including phenoxy) is 2. The summed E-state index contributed by atoms with van der Waals surface area (Å²) in [4.78, 5) is 30.3. The second-order valence-electron chi connectivity index (χ2n) is 9.68. The van der Waals surface area contributed by atoms with E-state index in [0.29, 0.717) is 72.1 Å². The van der Waals surface area contributed by atoms with Crippen molar-refractivity contribution in [2.45, 2.75) is 65.2 Å². The summed E-state index contributed by atoms with van der Waals surface area (Å²) in [6, 6.07) is 10.3. The summed E-state index contributed by atoms with van der Waals surface area (Å²) in [6.07, 6.45) is 8.71. The van der Waals surface area contributed by atoms with Gasteiger partial charge in [0, 0.05) is 36.2 Å². The lowest BCUT2D eigenvalue weighted by molar-refractivity contribution is 0.0530. The van der Waals surface area contributed by atoms with Crippen molar-refractivity contribution in [1.82, 2.24) is 9.80 Å². The summed E-state index contributed by atoms with van der Waals surface area (Å²) in [5, 5.41) is 1.02. The molecule has 38 heavy (non-hydrogen) atoms. The number of amides is 2. The number of benzene rings is 2. The van der Waals surface area contributed by atoms with Gasteiger partial charge in [-0.3, -0.25) is 9.59 Å². The molecule has 0 saturated carbocycles. The van der Waals surface area contributed by atoms with Crippen LogP contribution in [0.1, 0.15) is 85.9 Å². The predicted octanol–water partition coefficient (Wildman–Crippen LogP) is 7.51. The molecule has 6 nitrogen and oxygen atoms in total. The molecule has 0 spiro atoms. The van der Waals surface area contributed by atoms with E-state index in [2.05, 4.69) is 13.8 Å². The predicted molar refractivity (Wildman–Crippen MR) is 154 cm³/mol. The van der Waals surface area contributed by atoms with E-state index in [1.807, 2.05) is 0 Å². The van der Waals surface area contributed by atoms with Crippen LogP contribution in [-0.4, -0.2) is 61.0 Å². The second-order valence-corrected chi connectivity index (χ2v) is 10.6. The Kier molecular flexibility index (Phi) is 12.6. The molecule has 0 bridgehead atoms. The Morgan fingerprint density at radius 3 is 1.74 bits per heavy atom. The Balaban J connectivity index is 1.60. The summed E-state index contributed by atoms with van der Waals surface area (Å²) in [5.41, 5.74) is 0.961. The highest BCUT2D eigenvalue weighted by Crippen LogP contribution is 2.28. The van der Waals surface area contributed by atoms with E-state index >= 15 is 0 Å². The first kappa shape index (κ1) is 30.1. The van der Waals surface area contributed by atoms with Crippen LogP contribution in [0.2, 0.25) is 10.0 Å². The van der Waals surface area contributed by atoms with Crippen LogP contribution in [0.5, 0.6) is 11.5 Å². The third-order valence-corrected chi connectivity index (χ3v) is 7.18. The monoisotopic (exact) mass is 562 g/mol. The minimum atomic E-state index is -0.134. The smallest absolute Gasteiger partial charge is 0.257 e. The fourth-order valence-corrected chi connectivity index (χ4v) is 4.80. The first-order valence-corrected chi connectivity index (χ1v) is 14.6. The average molecular weight is 564 g/mol. The Morgan fingerprint density at radius 2 is 1.16 bits per heavy atom. The zero-order valence-electron chi connectivity index (χ0n) is 22.6. The van der Waals surface area contributed by atoms with Gasteiger partial charge in [-0.05, 0) is 49.2 Å². The number of hydrogen-bond donors (Lipinski definition) is 0. The van der Waals surface area contributed by atoms with E-state index in [1.165, 1.54) is 6.42 Å². The van der Waals surface area contributed by atoms with Gasteiger partial charge in [-0.2, -0.15) is 0 Å². The first-order chi connectivity index (χ1) is 18.4. The third-order valence-electron chi connectivity index (χ3n) is 6.71. The van der Waals surface area contributed by atoms with Crippen LogP contribution in [0, 0.1) is 0 Å². The molecule has 8 heteroatoms. The lowest BCUT2D eigenvalue weighted by Gasteiger charge is -2.35. The van der Waals surface area contributed by atoms with E-state index in [4.69, 9.17) is 32.7 Å². The van der Waals surface area contributed by atoms with Gasteiger partial charge in [0.2, 0.25) is 0 Å². The van der Waals surface area contributed by atoms with Crippen molar-refractivity contribution in [1.29, 1.82) is 0 Å². The molecule has 0 aliphatic carbocycles. The molecular formula is C30H40Cl2N2O4. The number of hydrogen-bond acceptors (Lipinski definition) is 4. The molecule has 1 fully saturated rings. The van der Waals surface area contributed by atoms with Crippen LogP contribution >= 0.6 is 23.2 Å². The molecular weight excluding hydrogens is 523 g/mol. The van der Waals surface area contributed by atoms with Gasteiger partial charge in [0.15, 0.2) is 0 Å². The molecule has 3 rings (SSSR count). The van der Waals surface area contributed by atoms with Crippen molar-refractivity contribution < 1.29 is 19.1 Å². The molecule has 208 valence electrons. The van der Waals surface area contributed by atoms with E-state index in [-0.39, 0.29) is 11.8 Å². The normalized spacial score (nSPS) is 13.5. The highest BCUT2D eigenvalue weighted by molar-refractivity contribution is 6.31. The maximum absolute atomic E-state index is 13.4. The molecule has 1 aliphatic rings. The zero-order valence-corrected chi connectivity index (χ0v) is 24.2. The van der Waals surface area contributed by atoms with Gasteiger partial charge >= 0.3 is 0 Å². The van der Waals surface area contributed by atoms with Gasteiger partial charge in [-0.25, -0.2) is 0 Å². The maximum atomic E-state index is 13.4. The van der Waals surface area contributed by atoms with E-state index < -0.39 is 0 Å². The lowest BCUT2D eigenvalue weighted by atomic mass is 10.1.